The smallest absolute Gasteiger partial charge is 0.173 e. The standard InChI is InChI=1S/C19H22FN3OS/c1-13(24-11-10-20)4-9-18-14(2)25-19-22-17(12-23(18)19)15-5-7-16(21-3)8-6-15/h4-9,12,14,21H,10-11H2,1-3H3. The molecule has 1 N–H and O–H groups in total. The van der Waals surface area contributed by atoms with Gasteiger partial charge in [-0.2, -0.15) is 0 Å². The third-order valence-corrected chi connectivity index (χ3v) is 5.11. The van der Waals surface area contributed by atoms with Crippen molar-refractivity contribution in [2.24, 2.45) is 0 Å². The van der Waals surface area contributed by atoms with Crippen molar-refractivity contribution in [3.05, 3.63) is 48.4 Å². The second-order valence-electron chi connectivity index (χ2n) is 5.77. The summed E-state index contributed by atoms with van der Waals surface area (Å²) in [5, 5.41) is 4.42. The highest BCUT2D eigenvalue weighted by molar-refractivity contribution is 8.00. The minimum atomic E-state index is -0.477. The summed E-state index contributed by atoms with van der Waals surface area (Å²) in [7, 11) is 1.90. The minimum Gasteiger partial charge on any atom is -0.496 e. The second kappa shape index (κ2) is 7.78. The van der Waals surface area contributed by atoms with Crippen molar-refractivity contribution in [1.82, 2.24) is 9.55 Å². The first-order valence-corrected chi connectivity index (χ1v) is 9.12. The van der Waals surface area contributed by atoms with Crippen molar-refractivity contribution in [2.75, 3.05) is 25.6 Å². The van der Waals surface area contributed by atoms with Gasteiger partial charge in [0.25, 0.3) is 0 Å². The number of anilines is 1. The molecule has 0 aliphatic carbocycles. The van der Waals surface area contributed by atoms with E-state index in [1.807, 2.05) is 38.3 Å². The van der Waals surface area contributed by atoms with E-state index in [0.717, 1.165) is 27.8 Å². The third-order valence-electron chi connectivity index (χ3n) is 4.02. The van der Waals surface area contributed by atoms with E-state index in [9.17, 15) is 4.39 Å². The van der Waals surface area contributed by atoms with Crippen molar-refractivity contribution < 1.29 is 9.13 Å². The summed E-state index contributed by atoms with van der Waals surface area (Å²) < 4.78 is 19.6. The molecule has 0 amide bonds. The Morgan fingerprint density at radius 2 is 2.16 bits per heavy atom. The Bertz CT molecular complexity index is 796. The molecule has 0 radical (unpaired) electrons. The lowest BCUT2D eigenvalue weighted by molar-refractivity contribution is 0.189. The molecular weight excluding hydrogens is 337 g/mol. The van der Waals surface area contributed by atoms with Crippen LogP contribution in [0.25, 0.3) is 17.0 Å². The Hall–Kier alpha value is -2.21. The summed E-state index contributed by atoms with van der Waals surface area (Å²) in [6.45, 7) is 3.61. The van der Waals surface area contributed by atoms with Gasteiger partial charge in [0.15, 0.2) is 5.16 Å². The number of benzene rings is 1. The molecule has 0 saturated carbocycles. The molecule has 3 rings (SSSR count). The predicted molar refractivity (Wildman–Crippen MR) is 102 cm³/mol. The predicted octanol–water partition coefficient (Wildman–Crippen LogP) is 4.82. The first-order valence-electron chi connectivity index (χ1n) is 8.24. The summed E-state index contributed by atoms with van der Waals surface area (Å²) >= 11 is 1.73. The van der Waals surface area contributed by atoms with Crippen LogP contribution in [0.2, 0.25) is 0 Å². The normalized spacial score (nSPS) is 18.5. The average molecular weight is 359 g/mol. The largest absolute Gasteiger partial charge is 0.496 e. The lowest BCUT2D eigenvalue weighted by atomic mass is 10.1. The molecule has 1 aromatic heterocycles. The van der Waals surface area contributed by atoms with Crippen LogP contribution in [0.15, 0.2) is 53.5 Å². The molecule has 1 aliphatic heterocycles. The van der Waals surface area contributed by atoms with Crippen LogP contribution in [0.5, 0.6) is 0 Å². The van der Waals surface area contributed by atoms with E-state index in [1.54, 1.807) is 11.8 Å². The molecule has 4 nitrogen and oxygen atoms in total. The fourth-order valence-corrected chi connectivity index (χ4v) is 3.71. The topological polar surface area (TPSA) is 39.1 Å². The second-order valence-corrected chi connectivity index (χ2v) is 7.08. The zero-order chi connectivity index (χ0) is 17.8. The van der Waals surface area contributed by atoms with Gasteiger partial charge in [-0.05, 0) is 38.1 Å². The van der Waals surface area contributed by atoms with Crippen molar-refractivity contribution >= 4 is 23.1 Å². The molecule has 1 aliphatic rings. The van der Waals surface area contributed by atoms with Crippen LogP contribution in [0.3, 0.4) is 0 Å². The lowest BCUT2D eigenvalue weighted by Gasteiger charge is -2.06. The number of hydrogen-bond acceptors (Lipinski definition) is 4. The van der Waals surface area contributed by atoms with Gasteiger partial charge in [0.1, 0.15) is 13.3 Å². The number of ether oxygens (including phenoxy) is 1. The van der Waals surface area contributed by atoms with Crippen LogP contribution >= 0.6 is 11.8 Å². The van der Waals surface area contributed by atoms with Gasteiger partial charge in [0.2, 0.25) is 0 Å². The molecule has 0 saturated heterocycles. The molecule has 132 valence electrons. The average Bonchev–Trinajstić information content (AvgIpc) is 3.15. The summed E-state index contributed by atoms with van der Waals surface area (Å²) in [4.78, 5) is 4.76. The van der Waals surface area contributed by atoms with E-state index in [1.165, 1.54) is 0 Å². The fourth-order valence-electron chi connectivity index (χ4n) is 2.66. The minimum absolute atomic E-state index is 0.0961. The van der Waals surface area contributed by atoms with Gasteiger partial charge in [-0.3, -0.25) is 4.57 Å². The van der Waals surface area contributed by atoms with Gasteiger partial charge >= 0.3 is 0 Å². The number of nitrogens with zero attached hydrogens (tertiary/aromatic N) is 2. The highest BCUT2D eigenvalue weighted by atomic mass is 32.2. The molecule has 2 heterocycles. The van der Waals surface area contributed by atoms with Gasteiger partial charge in [-0.15, -0.1) is 0 Å². The molecule has 1 atom stereocenters. The van der Waals surface area contributed by atoms with Crippen molar-refractivity contribution in [3.8, 4) is 11.3 Å². The molecule has 0 fully saturated rings. The maximum atomic E-state index is 12.2. The molecule has 2 aromatic rings. The number of rotatable bonds is 6. The van der Waals surface area contributed by atoms with E-state index in [4.69, 9.17) is 9.72 Å². The van der Waals surface area contributed by atoms with Crippen molar-refractivity contribution in [1.29, 1.82) is 0 Å². The van der Waals surface area contributed by atoms with Crippen LogP contribution < -0.4 is 5.32 Å². The van der Waals surface area contributed by atoms with Crippen LogP contribution in [0.4, 0.5) is 10.1 Å². The number of alkyl halides is 1. The maximum absolute atomic E-state index is 12.2. The zero-order valence-electron chi connectivity index (χ0n) is 14.6. The highest BCUT2D eigenvalue weighted by Crippen LogP contribution is 2.40. The lowest BCUT2D eigenvalue weighted by Crippen LogP contribution is -1.99. The summed E-state index contributed by atoms with van der Waals surface area (Å²) in [5.41, 5.74) is 4.27. The number of thioether (sulfide) groups is 1. The Kier molecular flexibility index (Phi) is 5.48. The Labute approximate surface area is 151 Å². The number of halogens is 1. The number of nitrogens with one attached hydrogen (secondary N) is 1. The van der Waals surface area contributed by atoms with Crippen molar-refractivity contribution in [2.45, 2.75) is 24.3 Å². The van der Waals surface area contributed by atoms with Crippen LogP contribution in [0.1, 0.15) is 13.8 Å². The third kappa shape index (κ3) is 3.90. The Morgan fingerprint density at radius 3 is 2.84 bits per heavy atom. The SMILES string of the molecule is CNc1ccc(-c2cn3c(n2)SC(C)C3=CC=C(C)OCCF)cc1. The Morgan fingerprint density at radius 1 is 1.40 bits per heavy atom. The van der Waals surface area contributed by atoms with Crippen LogP contribution in [-0.2, 0) is 4.74 Å². The summed E-state index contributed by atoms with van der Waals surface area (Å²) in [5.74, 6) is 0.707. The molecular formula is C19H22FN3OS. The molecule has 0 spiro atoms. The van der Waals surface area contributed by atoms with Gasteiger partial charge in [0.05, 0.1) is 16.7 Å². The van der Waals surface area contributed by atoms with Crippen molar-refractivity contribution in [3.63, 3.8) is 0 Å². The molecule has 25 heavy (non-hydrogen) atoms. The number of hydrogen-bond donors (Lipinski definition) is 1. The van der Waals surface area contributed by atoms with E-state index < -0.39 is 6.67 Å². The van der Waals surface area contributed by atoms with E-state index >= 15 is 0 Å². The van der Waals surface area contributed by atoms with Crippen LogP contribution in [-0.4, -0.2) is 35.1 Å². The van der Waals surface area contributed by atoms with E-state index in [0.29, 0.717) is 11.0 Å². The number of allylic oxidation sites excluding steroid dienone is 3. The summed E-state index contributed by atoms with van der Waals surface area (Å²) in [6, 6.07) is 8.22. The molecule has 0 bridgehead atoms. The van der Waals surface area contributed by atoms with Gasteiger partial charge in [0, 0.05) is 30.2 Å². The van der Waals surface area contributed by atoms with Gasteiger partial charge < -0.3 is 10.1 Å². The maximum Gasteiger partial charge on any atom is 0.173 e. The Balaban J connectivity index is 1.85. The summed E-state index contributed by atoms with van der Waals surface area (Å²) in [6.07, 6.45) is 5.98. The van der Waals surface area contributed by atoms with Gasteiger partial charge in [-0.25, -0.2) is 9.37 Å². The first kappa shape index (κ1) is 17.6. The van der Waals surface area contributed by atoms with E-state index in [-0.39, 0.29) is 6.61 Å². The van der Waals surface area contributed by atoms with Gasteiger partial charge in [-0.1, -0.05) is 23.9 Å². The number of aromatic nitrogens is 2. The number of imidazole rings is 1. The quantitative estimate of drug-likeness (QED) is 0.751. The molecule has 1 unspecified atom stereocenters. The first-order chi connectivity index (χ1) is 12.1. The zero-order valence-corrected chi connectivity index (χ0v) is 15.4. The van der Waals surface area contributed by atoms with Crippen LogP contribution in [0, 0.1) is 0 Å². The molecule has 1 aromatic carbocycles. The monoisotopic (exact) mass is 359 g/mol. The van der Waals surface area contributed by atoms with E-state index in [2.05, 4.69) is 35.1 Å². The number of fused-ring (bicyclic) bond motifs is 1. The fraction of sp³-hybridized carbons (Fsp3) is 0.316. The molecule has 6 heteroatoms. The highest BCUT2D eigenvalue weighted by Gasteiger charge is 2.26.